The van der Waals surface area contributed by atoms with Crippen molar-refractivity contribution in [3.63, 3.8) is 0 Å². The Balaban J connectivity index is 1.70. The first-order valence-corrected chi connectivity index (χ1v) is 9.17. The van der Waals surface area contributed by atoms with Crippen LogP contribution in [0.4, 0.5) is 10.1 Å². The molecule has 130 valence electrons. The second-order valence-electron chi connectivity index (χ2n) is 6.24. The molecule has 0 aliphatic rings. The van der Waals surface area contributed by atoms with E-state index >= 15 is 0 Å². The van der Waals surface area contributed by atoms with E-state index in [-0.39, 0.29) is 11.7 Å². The number of thiophene rings is 1. The van der Waals surface area contributed by atoms with Crippen molar-refractivity contribution in [1.29, 1.82) is 0 Å². The van der Waals surface area contributed by atoms with Crippen molar-refractivity contribution in [3.8, 4) is 0 Å². The van der Waals surface area contributed by atoms with E-state index in [0.717, 1.165) is 27.0 Å². The zero-order chi connectivity index (χ0) is 18.1. The molecule has 0 aliphatic carbocycles. The number of nitrogens with one attached hydrogen (secondary N) is 1. The highest BCUT2D eigenvalue weighted by atomic mass is 32.1. The minimum absolute atomic E-state index is 0.171. The van der Waals surface area contributed by atoms with Crippen LogP contribution in [0.2, 0.25) is 0 Å². The summed E-state index contributed by atoms with van der Waals surface area (Å²) < 4.78 is 16.5. The summed E-state index contributed by atoms with van der Waals surface area (Å²) in [6.07, 6.45) is 0. The number of carbonyl (C=O) groups is 1. The fourth-order valence-electron chi connectivity index (χ4n) is 3.07. The lowest BCUT2D eigenvalue weighted by atomic mass is 10.2. The van der Waals surface area contributed by atoms with Gasteiger partial charge >= 0.3 is 0 Å². The fourth-order valence-corrected chi connectivity index (χ4v) is 3.89. The van der Waals surface area contributed by atoms with Crippen LogP contribution in [-0.4, -0.2) is 10.5 Å². The van der Waals surface area contributed by atoms with Crippen LogP contribution in [0.1, 0.15) is 21.6 Å². The van der Waals surface area contributed by atoms with Gasteiger partial charge in [-0.1, -0.05) is 24.3 Å². The number of hydrogen-bond acceptors (Lipinski definition) is 2. The van der Waals surface area contributed by atoms with Gasteiger partial charge in [-0.15, -0.1) is 11.3 Å². The van der Waals surface area contributed by atoms with E-state index in [1.54, 1.807) is 17.4 Å². The number of amides is 1. The Morgan fingerprint density at radius 2 is 1.96 bits per heavy atom. The molecule has 0 saturated heterocycles. The van der Waals surface area contributed by atoms with Crippen molar-refractivity contribution >= 4 is 33.1 Å². The first-order chi connectivity index (χ1) is 12.6. The highest BCUT2D eigenvalue weighted by molar-refractivity contribution is 7.17. The third kappa shape index (κ3) is 3.26. The van der Waals surface area contributed by atoms with Gasteiger partial charge in [0.05, 0.1) is 10.2 Å². The molecule has 2 heterocycles. The third-order valence-corrected chi connectivity index (χ3v) is 5.11. The summed E-state index contributed by atoms with van der Waals surface area (Å²) in [5.74, 6) is -0.447. The van der Waals surface area contributed by atoms with Gasteiger partial charge in [-0.3, -0.25) is 4.79 Å². The Hall–Kier alpha value is -2.92. The van der Waals surface area contributed by atoms with Gasteiger partial charge < -0.3 is 9.88 Å². The van der Waals surface area contributed by atoms with Crippen LogP contribution >= 0.6 is 11.3 Å². The van der Waals surface area contributed by atoms with Gasteiger partial charge in [0.1, 0.15) is 11.5 Å². The first kappa shape index (κ1) is 16.5. The van der Waals surface area contributed by atoms with Crippen molar-refractivity contribution in [1.82, 2.24) is 4.57 Å². The standard InChI is InChI=1S/C21H17FN2OS/c1-14-4-2-7-17(10-14)23-21(25)19-12-20-18(8-9-26-20)24(19)13-15-5-3-6-16(22)11-15/h2-12H,13H2,1H3,(H,23,25). The predicted molar refractivity (Wildman–Crippen MR) is 104 cm³/mol. The van der Waals surface area contributed by atoms with Crippen LogP contribution in [0.25, 0.3) is 10.2 Å². The minimum atomic E-state index is -0.276. The summed E-state index contributed by atoms with van der Waals surface area (Å²) in [6, 6.07) is 18.0. The number of aromatic nitrogens is 1. The number of nitrogens with zero attached hydrogens (tertiary/aromatic N) is 1. The van der Waals surface area contributed by atoms with Crippen LogP contribution < -0.4 is 5.32 Å². The Kier molecular flexibility index (Phi) is 4.31. The molecule has 2 aromatic heterocycles. The lowest BCUT2D eigenvalue weighted by Crippen LogP contribution is -2.17. The smallest absolute Gasteiger partial charge is 0.272 e. The number of anilines is 1. The van der Waals surface area contributed by atoms with E-state index in [0.29, 0.717) is 12.2 Å². The highest BCUT2D eigenvalue weighted by Gasteiger charge is 2.17. The maximum Gasteiger partial charge on any atom is 0.272 e. The fraction of sp³-hybridized carbons (Fsp3) is 0.0952. The molecule has 0 aliphatic heterocycles. The second-order valence-corrected chi connectivity index (χ2v) is 7.19. The summed E-state index contributed by atoms with van der Waals surface area (Å²) in [5, 5.41) is 4.95. The van der Waals surface area contributed by atoms with E-state index < -0.39 is 0 Å². The van der Waals surface area contributed by atoms with Crippen LogP contribution in [-0.2, 0) is 6.54 Å². The average Bonchev–Trinajstić information content (AvgIpc) is 3.18. The molecule has 0 radical (unpaired) electrons. The number of halogens is 1. The van der Waals surface area contributed by atoms with Gasteiger partial charge in [0, 0.05) is 12.2 Å². The third-order valence-electron chi connectivity index (χ3n) is 4.26. The van der Waals surface area contributed by atoms with E-state index in [9.17, 15) is 9.18 Å². The van der Waals surface area contributed by atoms with Crippen LogP contribution in [0.3, 0.4) is 0 Å². The number of benzene rings is 2. The Bertz CT molecular complexity index is 1100. The summed E-state index contributed by atoms with van der Waals surface area (Å²) in [4.78, 5) is 12.9. The lowest BCUT2D eigenvalue weighted by Gasteiger charge is -2.11. The number of aryl methyl sites for hydroxylation is 1. The van der Waals surface area contributed by atoms with E-state index in [2.05, 4.69) is 5.32 Å². The second kappa shape index (κ2) is 6.77. The summed E-state index contributed by atoms with van der Waals surface area (Å²) in [5.41, 5.74) is 4.21. The molecule has 0 atom stereocenters. The normalized spacial score (nSPS) is 11.0. The molecular weight excluding hydrogens is 347 g/mol. The van der Waals surface area contributed by atoms with Gasteiger partial charge in [-0.2, -0.15) is 0 Å². The molecule has 1 N–H and O–H groups in total. The van der Waals surface area contributed by atoms with Gasteiger partial charge in [0.15, 0.2) is 0 Å². The van der Waals surface area contributed by atoms with Gasteiger partial charge in [-0.05, 0) is 59.8 Å². The molecule has 4 aromatic rings. The molecule has 3 nitrogen and oxygen atoms in total. The molecule has 2 aromatic carbocycles. The number of fused-ring (bicyclic) bond motifs is 1. The topological polar surface area (TPSA) is 34.0 Å². The van der Waals surface area contributed by atoms with Crippen LogP contribution in [0, 0.1) is 12.7 Å². The zero-order valence-corrected chi connectivity index (χ0v) is 15.0. The van der Waals surface area contributed by atoms with Gasteiger partial charge in [0.25, 0.3) is 5.91 Å². The zero-order valence-electron chi connectivity index (χ0n) is 14.2. The Morgan fingerprint density at radius 3 is 2.77 bits per heavy atom. The van der Waals surface area contributed by atoms with Crippen molar-refractivity contribution in [3.05, 3.63) is 88.7 Å². The highest BCUT2D eigenvalue weighted by Crippen LogP contribution is 2.27. The average molecular weight is 364 g/mol. The Morgan fingerprint density at radius 1 is 1.12 bits per heavy atom. The van der Waals surface area contributed by atoms with Crippen molar-refractivity contribution in [2.45, 2.75) is 13.5 Å². The monoisotopic (exact) mass is 364 g/mol. The van der Waals surface area contributed by atoms with E-state index in [1.165, 1.54) is 12.1 Å². The molecule has 0 spiro atoms. The van der Waals surface area contributed by atoms with Crippen LogP contribution in [0.15, 0.2) is 66.0 Å². The van der Waals surface area contributed by atoms with E-state index in [1.807, 2.05) is 59.3 Å². The molecule has 4 rings (SSSR count). The molecule has 0 unspecified atom stereocenters. The summed E-state index contributed by atoms with van der Waals surface area (Å²) >= 11 is 1.59. The summed E-state index contributed by atoms with van der Waals surface area (Å²) in [6.45, 7) is 2.42. The van der Waals surface area contributed by atoms with Crippen molar-refractivity contribution in [2.75, 3.05) is 5.32 Å². The molecule has 0 bridgehead atoms. The number of hydrogen-bond donors (Lipinski definition) is 1. The molecular formula is C21H17FN2OS. The van der Waals surface area contributed by atoms with Gasteiger partial charge in [0.2, 0.25) is 0 Å². The van der Waals surface area contributed by atoms with Gasteiger partial charge in [-0.25, -0.2) is 4.39 Å². The molecule has 1 amide bonds. The SMILES string of the molecule is Cc1cccc(NC(=O)c2cc3sccc3n2Cc2cccc(F)c2)c1. The van der Waals surface area contributed by atoms with E-state index in [4.69, 9.17) is 0 Å². The largest absolute Gasteiger partial charge is 0.331 e. The lowest BCUT2D eigenvalue weighted by molar-refractivity contribution is 0.101. The van der Waals surface area contributed by atoms with Crippen molar-refractivity contribution < 1.29 is 9.18 Å². The summed E-state index contributed by atoms with van der Waals surface area (Å²) in [7, 11) is 0. The predicted octanol–water partition coefficient (Wildman–Crippen LogP) is 5.45. The molecule has 26 heavy (non-hydrogen) atoms. The molecule has 0 fully saturated rings. The van der Waals surface area contributed by atoms with Crippen LogP contribution in [0.5, 0.6) is 0 Å². The molecule has 0 saturated carbocycles. The Labute approximate surface area is 154 Å². The maximum absolute atomic E-state index is 13.5. The quantitative estimate of drug-likeness (QED) is 0.513. The first-order valence-electron chi connectivity index (χ1n) is 8.29. The van der Waals surface area contributed by atoms with Crippen molar-refractivity contribution in [2.24, 2.45) is 0 Å². The maximum atomic E-state index is 13.5. The minimum Gasteiger partial charge on any atom is -0.331 e. The molecule has 5 heteroatoms. The number of rotatable bonds is 4. The number of carbonyl (C=O) groups excluding carboxylic acids is 1.